The monoisotopic (exact) mass is 330 g/mol. The number of rotatable bonds is 5. The number of ether oxygens (including phenoxy) is 1. The Kier molecular flexibility index (Phi) is 3.79. The molecule has 5 heteroatoms. The average Bonchev–Trinajstić information content (AvgIpc) is 2.50. The first-order valence-corrected chi connectivity index (χ1v) is 8.96. The Hall–Kier alpha value is -1.62. The topological polar surface area (TPSA) is 71.5 Å². The van der Waals surface area contributed by atoms with E-state index in [9.17, 15) is 9.90 Å². The molecule has 1 heterocycles. The molecule has 24 heavy (non-hydrogen) atoms. The van der Waals surface area contributed by atoms with Crippen molar-refractivity contribution in [2.75, 3.05) is 7.11 Å². The molecule has 130 valence electrons. The predicted molar refractivity (Wildman–Crippen MR) is 89.3 cm³/mol. The van der Waals surface area contributed by atoms with Crippen LogP contribution in [0.15, 0.2) is 18.3 Å². The summed E-state index contributed by atoms with van der Waals surface area (Å²) >= 11 is 0. The summed E-state index contributed by atoms with van der Waals surface area (Å²) < 4.78 is 5.11. The Balaban J connectivity index is 1.38. The maximum absolute atomic E-state index is 12.5. The van der Waals surface area contributed by atoms with Gasteiger partial charge in [-0.05, 0) is 67.4 Å². The maximum atomic E-state index is 12.5. The molecule has 0 aromatic carbocycles. The second-order valence-electron chi connectivity index (χ2n) is 8.35. The van der Waals surface area contributed by atoms with Crippen molar-refractivity contribution in [1.82, 2.24) is 10.3 Å². The van der Waals surface area contributed by atoms with E-state index in [1.54, 1.807) is 13.3 Å². The molecule has 0 saturated heterocycles. The van der Waals surface area contributed by atoms with Gasteiger partial charge >= 0.3 is 0 Å². The van der Waals surface area contributed by atoms with Gasteiger partial charge in [0.15, 0.2) is 0 Å². The molecule has 5 rings (SSSR count). The molecule has 0 radical (unpaired) electrons. The van der Waals surface area contributed by atoms with E-state index in [1.165, 1.54) is 6.42 Å². The van der Waals surface area contributed by atoms with Crippen molar-refractivity contribution in [3.05, 3.63) is 23.9 Å². The van der Waals surface area contributed by atoms with Crippen LogP contribution >= 0.6 is 0 Å². The summed E-state index contributed by atoms with van der Waals surface area (Å²) in [6, 6.07) is 3.73. The van der Waals surface area contributed by atoms with E-state index < -0.39 is 5.60 Å². The van der Waals surface area contributed by atoms with Crippen molar-refractivity contribution < 1.29 is 14.6 Å². The van der Waals surface area contributed by atoms with Gasteiger partial charge in [0.1, 0.15) is 0 Å². The quantitative estimate of drug-likeness (QED) is 0.870. The standard InChI is InChI=1S/C19H26N2O3/c1-24-17-5-13(2-3-20-17)11-21-16(22)10-18-6-14-4-15(7-18)9-19(23,8-14)12-18/h2-3,5,14-15,23H,4,6-12H2,1H3,(H,21,22). The van der Waals surface area contributed by atoms with Gasteiger partial charge in [-0.1, -0.05) is 0 Å². The Labute approximate surface area is 142 Å². The van der Waals surface area contributed by atoms with Crippen LogP contribution in [0.5, 0.6) is 5.88 Å². The summed E-state index contributed by atoms with van der Waals surface area (Å²) in [6.07, 6.45) is 8.42. The normalized spacial score (nSPS) is 36.6. The summed E-state index contributed by atoms with van der Waals surface area (Å²) in [5.41, 5.74) is 0.515. The Bertz CT molecular complexity index is 631. The molecule has 5 nitrogen and oxygen atoms in total. The summed E-state index contributed by atoms with van der Waals surface area (Å²) in [4.78, 5) is 16.6. The number of amides is 1. The largest absolute Gasteiger partial charge is 0.481 e. The molecule has 2 atom stereocenters. The number of carbonyl (C=O) groups excluding carboxylic acids is 1. The van der Waals surface area contributed by atoms with Crippen molar-refractivity contribution in [2.45, 2.75) is 57.1 Å². The minimum Gasteiger partial charge on any atom is -0.481 e. The number of methoxy groups -OCH3 is 1. The first-order chi connectivity index (χ1) is 11.5. The minimum atomic E-state index is -0.497. The third-order valence-electron chi connectivity index (χ3n) is 6.19. The summed E-state index contributed by atoms with van der Waals surface area (Å²) in [5, 5.41) is 13.8. The highest BCUT2D eigenvalue weighted by molar-refractivity contribution is 5.76. The van der Waals surface area contributed by atoms with Gasteiger partial charge in [-0.3, -0.25) is 4.79 Å². The smallest absolute Gasteiger partial charge is 0.220 e. The molecule has 4 saturated carbocycles. The van der Waals surface area contributed by atoms with Gasteiger partial charge in [0, 0.05) is 25.2 Å². The average molecular weight is 330 g/mol. The third-order valence-corrected chi connectivity index (χ3v) is 6.19. The summed E-state index contributed by atoms with van der Waals surface area (Å²) in [7, 11) is 1.59. The van der Waals surface area contributed by atoms with E-state index >= 15 is 0 Å². The SMILES string of the molecule is COc1cc(CNC(=O)CC23CC4CC(CC(O)(C4)C2)C3)ccn1. The van der Waals surface area contributed by atoms with Crippen LogP contribution in [-0.4, -0.2) is 28.7 Å². The van der Waals surface area contributed by atoms with Crippen LogP contribution in [0.25, 0.3) is 0 Å². The molecule has 1 amide bonds. The van der Waals surface area contributed by atoms with Crippen LogP contribution in [0.1, 0.15) is 50.5 Å². The zero-order valence-corrected chi connectivity index (χ0v) is 14.3. The highest BCUT2D eigenvalue weighted by Gasteiger charge is 2.57. The van der Waals surface area contributed by atoms with Crippen LogP contribution in [0, 0.1) is 17.3 Å². The Morgan fingerprint density at radius 3 is 2.79 bits per heavy atom. The lowest BCUT2D eigenvalue weighted by Gasteiger charge is -2.60. The highest BCUT2D eigenvalue weighted by Crippen LogP contribution is 2.62. The van der Waals surface area contributed by atoms with Crippen LogP contribution < -0.4 is 10.1 Å². The first-order valence-electron chi connectivity index (χ1n) is 8.96. The number of aromatic nitrogens is 1. The number of carbonyl (C=O) groups is 1. The van der Waals surface area contributed by atoms with E-state index in [1.807, 2.05) is 12.1 Å². The zero-order chi connectivity index (χ0) is 16.8. The number of nitrogens with zero attached hydrogens (tertiary/aromatic N) is 1. The molecule has 2 unspecified atom stereocenters. The fraction of sp³-hybridized carbons (Fsp3) is 0.684. The van der Waals surface area contributed by atoms with E-state index in [2.05, 4.69) is 10.3 Å². The maximum Gasteiger partial charge on any atom is 0.220 e. The molecule has 1 aromatic rings. The molecular weight excluding hydrogens is 304 g/mol. The fourth-order valence-corrected chi connectivity index (χ4v) is 5.88. The number of pyridine rings is 1. The van der Waals surface area contributed by atoms with Gasteiger partial charge in [-0.25, -0.2) is 4.98 Å². The second-order valence-corrected chi connectivity index (χ2v) is 8.35. The molecule has 4 aliphatic carbocycles. The number of hydrogen-bond donors (Lipinski definition) is 2. The van der Waals surface area contributed by atoms with Crippen molar-refractivity contribution >= 4 is 5.91 Å². The number of hydrogen-bond acceptors (Lipinski definition) is 4. The summed E-state index contributed by atoms with van der Waals surface area (Å²) in [6.45, 7) is 0.491. The number of aliphatic hydroxyl groups is 1. The molecule has 0 spiro atoms. The molecule has 2 N–H and O–H groups in total. The van der Waals surface area contributed by atoms with E-state index in [4.69, 9.17) is 4.74 Å². The highest BCUT2D eigenvalue weighted by atomic mass is 16.5. The van der Waals surface area contributed by atoms with Gasteiger partial charge in [0.2, 0.25) is 11.8 Å². The van der Waals surface area contributed by atoms with Gasteiger partial charge < -0.3 is 15.2 Å². The van der Waals surface area contributed by atoms with Crippen LogP contribution in [0.2, 0.25) is 0 Å². The lowest BCUT2D eigenvalue weighted by Crippen LogP contribution is -2.56. The van der Waals surface area contributed by atoms with Gasteiger partial charge in [-0.2, -0.15) is 0 Å². The lowest BCUT2D eigenvalue weighted by molar-refractivity contribution is -0.169. The van der Waals surface area contributed by atoms with Gasteiger partial charge in [-0.15, -0.1) is 0 Å². The molecule has 4 fully saturated rings. The Morgan fingerprint density at radius 1 is 1.38 bits per heavy atom. The van der Waals surface area contributed by atoms with Gasteiger partial charge in [0.25, 0.3) is 0 Å². The van der Waals surface area contributed by atoms with Gasteiger partial charge in [0.05, 0.1) is 12.7 Å². The minimum absolute atomic E-state index is 0.0266. The van der Waals surface area contributed by atoms with E-state index in [0.29, 0.717) is 30.7 Å². The second kappa shape index (κ2) is 5.73. The first kappa shape index (κ1) is 15.9. The fourth-order valence-electron chi connectivity index (χ4n) is 5.88. The summed E-state index contributed by atoms with van der Waals surface area (Å²) in [5.74, 6) is 1.89. The van der Waals surface area contributed by atoms with Crippen molar-refractivity contribution in [3.63, 3.8) is 0 Å². The van der Waals surface area contributed by atoms with Crippen molar-refractivity contribution in [2.24, 2.45) is 17.3 Å². The molecule has 4 bridgehead atoms. The van der Waals surface area contributed by atoms with E-state index in [-0.39, 0.29) is 11.3 Å². The number of nitrogens with one attached hydrogen (secondary N) is 1. The van der Waals surface area contributed by atoms with Crippen molar-refractivity contribution in [3.8, 4) is 5.88 Å². The predicted octanol–water partition coefficient (Wildman–Crippen LogP) is 2.43. The van der Waals surface area contributed by atoms with Crippen LogP contribution in [-0.2, 0) is 11.3 Å². The zero-order valence-electron chi connectivity index (χ0n) is 14.3. The van der Waals surface area contributed by atoms with Crippen molar-refractivity contribution in [1.29, 1.82) is 0 Å². The molecular formula is C19H26N2O3. The molecule has 1 aromatic heterocycles. The molecule has 0 aliphatic heterocycles. The van der Waals surface area contributed by atoms with Crippen LogP contribution in [0.4, 0.5) is 0 Å². The third kappa shape index (κ3) is 3.02. The van der Waals surface area contributed by atoms with Crippen LogP contribution in [0.3, 0.4) is 0 Å². The van der Waals surface area contributed by atoms with E-state index in [0.717, 1.165) is 37.7 Å². The lowest BCUT2D eigenvalue weighted by atomic mass is 9.47. The Morgan fingerprint density at radius 2 is 2.12 bits per heavy atom. The molecule has 4 aliphatic rings.